The largest absolute Gasteiger partial charge is 0.437 e. The van der Waals surface area contributed by atoms with Crippen molar-refractivity contribution in [1.29, 1.82) is 0 Å². The first-order valence-corrected chi connectivity index (χ1v) is 7.41. The van der Waals surface area contributed by atoms with E-state index in [1.165, 1.54) is 5.56 Å². The molecule has 0 bridgehead atoms. The molecule has 1 aromatic heterocycles. The van der Waals surface area contributed by atoms with Crippen molar-refractivity contribution in [2.45, 2.75) is 27.2 Å². The SMILES string of the molecule is CCCNc1ncc(Br)c(Oc2ccc(C)cc2C)n1. The van der Waals surface area contributed by atoms with E-state index in [0.717, 1.165) is 28.8 Å². The molecule has 1 heterocycles. The molecule has 5 heteroatoms. The van der Waals surface area contributed by atoms with Gasteiger partial charge in [0.2, 0.25) is 11.8 Å². The topological polar surface area (TPSA) is 47.0 Å². The number of nitrogens with one attached hydrogen (secondary N) is 1. The molecule has 2 rings (SSSR count). The van der Waals surface area contributed by atoms with Gasteiger partial charge in [0.25, 0.3) is 0 Å². The van der Waals surface area contributed by atoms with E-state index in [1.807, 2.05) is 19.1 Å². The summed E-state index contributed by atoms with van der Waals surface area (Å²) in [6, 6.07) is 6.06. The third-order valence-electron chi connectivity index (χ3n) is 2.78. The fourth-order valence-corrected chi connectivity index (χ4v) is 2.04. The molecular formula is C15H18BrN3O. The maximum atomic E-state index is 5.88. The van der Waals surface area contributed by atoms with Crippen molar-refractivity contribution in [3.05, 3.63) is 40.0 Å². The van der Waals surface area contributed by atoms with Gasteiger partial charge in [-0.15, -0.1) is 0 Å². The first kappa shape index (κ1) is 14.8. The van der Waals surface area contributed by atoms with Gasteiger partial charge in [0.15, 0.2) is 0 Å². The lowest BCUT2D eigenvalue weighted by Crippen LogP contribution is -2.05. The predicted octanol–water partition coefficient (Wildman–Crippen LogP) is 4.47. The van der Waals surface area contributed by atoms with Crippen LogP contribution in [0.1, 0.15) is 24.5 Å². The fourth-order valence-electron chi connectivity index (χ4n) is 1.76. The molecule has 1 aromatic carbocycles. The van der Waals surface area contributed by atoms with E-state index in [4.69, 9.17) is 4.74 Å². The summed E-state index contributed by atoms with van der Waals surface area (Å²) < 4.78 is 6.61. The Labute approximate surface area is 127 Å². The Bertz CT molecular complexity index is 602. The Kier molecular flexibility index (Phi) is 4.95. The number of anilines is 1. The van der Waals surface area contributed by atoms with Crippen molar-refractivity contribution >= 4 is 21.9 Å². The molecule has 0 aliphatic heterocycles. The molecule has 0 saturated heterocycles. The average Bonchev–Trinajstić information content (AvgIpc) is 2.42. The highest BCUT2D eigenvalue weighted by molar-refractivity contribution is 9.10. The summed E-state index contributed by atoms with van der Waals surface area (Å²) in [4.78, 5) is 8.58. The number of rotatable bonds is 5. The van der Waals surface area contributed by atoms with Gasteiger partial charge in [-0.1, -0.05) is 24.6 Å². The fraction of sp³-hybridized carbons (Fsp3) is 0.333. The lowest BCUT2D eigenvalue weighted by Gasteiger charge is -2.11. The van der Waals surface area contributed by atoms with Crippen LogP contribution in [0.15, 0.2) is 28.9 Å². The van der Waals surface area contributed by atoms with Gasteiger partial charge in [0, 0.05) is 6.54 Å². The van der Waals surface area contributed by atoms with E-state index in [-0.39, 0.29) is 0 Å². The first-order chi connectivity index (χ1) is 9.60. The van der Waals surface area contributed by atoms with Crippen molar-refractivity contribution in [2.75, 3.05) is 11.9 Å². The van der Waals surface area contributed by atoms with E-state index in [0.29, 0.717) is 11.8 Å². The molecule has 0 amide bonds. The van der Waals surface area contributed by atoms with Crippen molar-refractivity contribution in [3.8, 4) is 11.6 Å². The second kappa shape index (κ2) is 6.70. The van der Waals surface area contributed by atoms with E-state index in [2.05, 4.69) is 51.1 Å². The standard InChI is InChI=1S/C15H18BrN3O/c1-4-7-17-15-18-9-12(16)14(19-15)20-13-6-5-10(2)8-11(13)3/h5-6,8-9H,4,7H2,1-3H3,(H,17,18,19). The lowest BCUT2D eigenvalue weighted by atomic mass is 10.1. The summed E-state index contributed by atoms with van der Waals surface area (Å²) in [6.07, 6.45) is 2.72. The first-order valence-electron chi connectivity index (χ1n) is 6.61. The van der Waals surface area contributed by atoms with Crippen LogP contribution in [-0.4, -0.2) is 16.5 Å². The zero-order valence-electron chi connectivity index (χ0n) is 11.9. The van der Waals surface area contributed by atoms with E-state index < -0.39 is 0 Å². The van der Waals surface area contributed by atoms with Gasteiger partial charge >= 0.3 is 0 Å². The van der Waals surface area contributed by atoms with Gasteiger partial charge in [-0.3, -0.25) is 0 Å². The highest BCUT2D eigenvalue weighted by Gasteiger charge is 2.09. The van der Waals surface area contributed by atoms with Gasteiger partial charge in [-0.2, -0.15) is 4.98 Å². The molecule has 0 aliphatic rings. The molecule has 1 N–H and O–H groups in total. The minimum atomic E-state index is 0.519. The van der Waals surface area contributed by atoms with Gasteiger partial charge in [0.05, 0.1) is 10.7 Å². The predicted molar refractivity (Wildman–Crippen MR) is 84.5 cm³/mol. The zero-order chi connectivity index (χ0) is 14.5. The highest BCUT2D eigenvalue weighted by atomic mass is 79.9. The van der Waals surface area contributed by atoms with Gasteiger partial charge in [-0.25, -0.2) is 4.98 Å². The molecule has 106 valence electrons. The zero-order valence-corrected chi connectivity index (χ0v) is 13.5. The maximum absolute atomic E-state index is 5.88. The van der Waals surface area contributed by atoms with Crippen molar-refractivity contribution in [2.24, 2.45) is 0 Å². The summed E-state index contributed by atoms with van der Waals surface area (Å²) in [7, 11) is 0. The summed E-state index contributed by atoms with van der Waals surface area (Å²) in [5.41, 5.74) is 2.29. The Morgan fingerprint density at radius 1 is 1.30 bits per heavy atom. The molecular weight excluding hydrogens is 318 g/mol. The van der Waals surface area contributed by atoms with E-state index in [1.54, 1.807) is 6.20 Å². The molecule has 0 radical (unpaired) electrons. The highest BCUT2D eigenvalue weighted by Crippen LogP contribution is 2.30. The number of hydrogen-bond acceptors (Lipinski definition) is 4. The molecule has 4 nitrogen and oxygen atoms in total. The Hall–Kier alpha value is -1.62. The Balaban J connectivity index is 2.23. The normalized spacial score (nSPS) is 10.4. The Morgan fingerprint density at radius 2 is 2.10 bits per heavy atom. The van der Waals surface area contributed by atoms with Gasteiger partial charge < -0.3 is 10.1 Å². The van der Waals surface area contributed by atoms with Crippen LogP contribution < -0.4 is 10.1 Å². The Morgan fingerprint density at radius 3 is 2.80 bits per heavy atom. The molecule has 0 unspecified atom stereocenters. The summed E-state index contributed by atoms with van der Waals surface area (Å²) in [5, 5.41) is 3.15. The van der Waals surface area contributed by atoms with Crippen LogP contribution in [0.2, 0.25) is 0 Å². The smallest absolute Gasteiger partial charge is 0.238 e. The third kappa shape index (κ3) is 3.70. The van der Waals surface area contributed by atoms with E-state index >= 15 is 0 Å². The molecule has 20 heavy (non-hydrogen) atoms. The molecule has 0 spiro atoms. The minimum absolute atomic E-state index is 0.519. The lowest BCUT2D eigenvalue weighted by molar-refractivity contribution is 0.455. The molecule has 0 aliphatic carbocycles. The number of aryl methyl sites for hydroxylation is 2. The van der Waals surface area contributed by atoms with Gasteiger partial charge in [-0.05, 0) is 47.8 Å². The van der Waals surface area contributed by atoms with Gasteiger partial charge in [0.1, 0.15) is 5.75 Å². The summed E-state index contributed by atoms with van der Waals surface area (Å²) >= 11 is 3.42. The second-order valence-corrected chi connectivity index (χ2v) is 5.50. The molecule has 0 fully saturated rings. The summed E-state index contributed by atoms with van der Waals surface area (Å²) in [5.74, 6) is 1.90. The number of halogens is 1. The number of aromatic nitrogens is 2. The maximum Gasteiger partial charge on any atom is 0.238 e. The number of ether oxygens (including phenoxy) is 1. The monoisotopic (exact) mass is 335 g/mol. The van der Waals surface area contributed by atoms with Crippen LogP contribution in [0, 0.1) is 13.8 Å². The number of nitrogens with zero attached hydrogens (tertiary/aromatic N) is 2. The van der Waals surface area contributed by atoms with Crippen LogP contribution in [0.25, 0.3) is 0 Å². The number of benzene rings is 1. The van der Waals surface area contributed by atoms with Crippen LogP contribution in [0.4, 0.5) is 5.95 Å². The van der Waals surface area contributed by atoms with Crippen molar-refractivity contribution < 1.29 is 4.74 Å². The average molecular weight is 336 g/mol. The summed E-state index contributed by atoms with van der Waals surface area (Å²) in [6.45, 7) is 7.02. The van der Waals surface area contributed by atoms with E-state index in [9.17, 15) is 0 Å². The van der Waals surface area contributed by atoms with Crippen LogP contribution in [0.5, 0.6) is 11.6 Å². The molecule has 2 aromatic rings. The quantitative estimate of drug-likeness (QED) is 0.875. The number of hydrogen-bond donors (Lipinski definition) is 1. The minimum Gasteiger partial charge on any atom is -0.437 e. The van der Waals surface area contributed by atoms with Crippen LogP contribution >= 0.6 is 15.9 Å². The molecule has 0 atom stereocenters. The second-order valence-electron chi connectivity index (χ2n) is 4.64. The molecule has 0 saturated carbocycles. The van der Waals surface area contributed by atoms with Crippen LogP contribution in [-0.2, 0) is 0 Å². The third-order valence-corrected chi connectivity index (χ3v) is 3.33. The van der Waals surface area contributed by atoms with Crippen molar-refractivity contribution in [3.63, 3.8) is 0 Å². The van der Waals surface area contributed by atoms with Crippen molar-refractivity contribution in [1.82, 2.24) is 9.97 Å². The van der Waals surface area contributed by atoms with Crippen LogP contribution in [0.3, 0.4) is 0 Å².